The van der Waals surface area contributed by atoms with Crippen molar-refractivity contribution in [1.82, 2.24) is 0 Å². The summed E-state index contributed by atoms with van der Waals surface area (Å²) in [5.41, 5.74) is 0.530. The molecule has 0 amide bonds. The van der Waals surface area contributed by atoms with Gasteiger partial charge in [0.1, 0.15) is 5.82 Å². The maximum atomic E-state index is 12.9. The van der Waals surface area contributed by atoms with Gasteiger partial charge in [0.05, 0.1) is 0 Å². The van der Waals surface area contributed by atoms with Crippen molar-refractivity contribution in [2.45, 2.75) is 19.8 Å². The van der Waals surface area contributed by atoms with Gasteiger partial charge >= 0.3 is 0 Å². The minimum Gasteiger partial charge on any atom is -0.294 e. The Kier molecular flexibility index (Phi) is 4.50. The van der Waals surface area contributed by atoms with Crippen LogP contribution >= 0.6 is 11.6 Å². The fraction of sp³-hybridized carbons (Fsp3) is 0.250. The highest BCUT2D eigenvalue weighted by atomic mass is 35.5. The topological polar surface area (TPSA) is 17.1 Å². The predicted molar refractivity (Wildman–Crippen MR) is 59.6 cm³/mol. The van der Waals surface area contributed by atoms with Crippen molar-refractivity contribution in [3.05, 3.63) is 46.8 Å². The first-order valence-electron chi connectivity index (χ1n) is 4.76. The largest absolute Gasteiger partial charge is 0.294 e. The third kappa shape index (κ3) is 3.84. The van der Waals surface area contributed by atoms with Gasteiger partial charge in [-0.1, -0.05) is 24.6 Å². The highest BCUT2D eigenvalue weighted by Gasteiger charge is 2.05. The van der Waals surface area contributed by atoms with Crippen molar-refractivity contribution < 1.29 is 9.18 Å². The Labute approximate surface area is 93.6 Å². The van der Waals surface area contributed by atoms with Gasteiger partial charge < -0.3 is 0 Å². The van der Waals surface area contributed by atoms with Crippen LogP contribution in [0, 0.1) is 5.82 Å². The van der Waals surface area contributed by atoms with E-state index in [-0.39, 0.29) is 18.0 Å². The van der Waals surface area contributed by atoms with Crippen LogP contribution in [0.1, 0.15) is 18.9 Å². The Bertz CT molecular complexity index is 385. The lowest BCUT2D eigenvalue weighted by Crippen LogP contribution is -1.99. The van der Waals surface area contributed by atoms with E-state index in [1.807, 2.05) is 6.92 Å². The molecule has 0 aliphatic carbocycles. The second kappa shape index (κ2) is 5.66. The molecule has 0 N–H and O–H groups in total. The number of allylic oxidation sites excluding steroid dienone is 2. The standard InChI is InChI=1S/C12H12ClFO/c1-2-3-4-11(15)8-9-7-10(14)5-6-12(9)13/h3-7H,2,8H2,1H3/b4-3+. The fourth-order valence-electron chi connectivity index (χ4n) is 1.17. The van der Waals surface area contributed by atoms with E-state index in [9.17, 15) is 9.18 Å². The summed E-state index contributed by atoms with van der Waals surface area (Å²) >= 11 is 5.83. The molecule has 0 aliphatic heterocycles. The lowest BCUT2D eigenvalue weighted by Gasteiger charge is -2.01. The van der Waals surface area contributed by atoms with E-state index in [4.69, 9.17) is 11.6 Å². The number of carbonyl (C=O) groups excluding carboxylic acids is 1. The van der Waals surface area contributed by atoms with E-state index < -0.39 is 0 Å². The second-order valence-corrected chi connectivity index (χ2v) is 3.60. The number of ketones is 1. The average Bonchev–Trinajstić information content (AvgIpc) is 2.20. The molecular weight excluding hydrogens is 215 g/mol. The zero-order valence-corrected chi connectivity index (χ0v) is 9.22. The van der Waals surface area contributed by atoms with Crippen LogP contribution in [0.5, 0.6) is 0 Å². The van der Waals surface area contributed by atoms with E-state index in [1.165, 1.54) is 24.3 Å². The van der Waals surface area contributed by atoms with Gasteiger partial charge in [-0.25, -0.2) is 4.39 Å². The van der Waals surface area contributed by atoms with Crippen LogP contribution in [0.25, 0.3) is 0 Å². The van der Waals surface area contributed by atoms with Crippen LogP contribution in [0.2, 0.25) is 5.02 Å². The van der Waals surface area contributed by atoms with Crippen molar-refractivity contribution >= 4 is 17.4 Å². The quantitative estimate of drug-likeness (QED) is 0.718. The second-order valence-electron chi connectivity index (χ2n) is 3.19. The van der Waals surface area contributed by atoms with E-state index in [2.05, 4.69) is 0 Å². The van der Waals surface area contributed by atoms with Crippen molar-refractivity contribution in [1.29, 1.82) is 0 Å². The Morgan fingerprint density at radius 3 is 2.93 bits per heavy atom. The molecule has 0 atom stereocenters. The first-order valence-corrected chi connectivity index (χ1v) is 5.14. The van der Waals surface area contributed by atoms with Crippen LogP contribution in [0.3, 0.4) is 0 Å². The smallest absolute Gasteiger partial charge is 0.159 e. The van der Waals surface area contributed by atoms with Crippen molar-refractivity contribution in [3.63, 3.8) is 0 Å². The molecule has 0 spiro atoms. The highest BCUT2D eigenvalue weighted by Crippen LogP contribution is 2.17. The van der Waals surface area contributed by atoms with Gasteiger partial charge in [0, 0.05) is 11.4 Å². The minimum absolute atomic E-state index is 0.0654. The summed E-state index contributed by atoms with van der Waals surface area (Å²) in [6.45, 7) is 1.94. The Balaban J connectivity index is 2.76. The number of carbonyl (C=O) groups is 1. The number of rotatable bonds is 4. The number of hydrogen-bond acceptors (Lipinski definition) is 1. The van der Waals surface area contributed by atoms with Crippen molar-refractivity contribution in [2.24, 2.45) is 0 Å². The summed E-state index contributed by atoms with van der Waals surface area (Å²) in [6.07, 6.45) is 4.23. The summed E-state index contributed by atoms with van der Waals surface area (Å²) in [4.78, 5) is 11.4. The van der Waals surface area contributed by atoms with Gasteiger partial charge in [-0.3, -0.25) is 4.79 Å². The summed E-state index contributed by atoms with van der Waals surface area (Å²) in [7, 11) is 0. The first-order chi connectivity index (χ1) is 7.13. The molecule has 80 valence electrons. The molecule has 0 heterocycles. The van der Waals surface area contributed by atoms with Crippen molar-refractivity contribution in [2.75, 3.05) is 0 Å². The molecule has 1 rings (SSSR count). The molecule has 3 heteroatoms. The molecule has 0 radical (unpaired) electrons. The summed E-state index contributed by atoms with van der Waals surface area (Å²) in [6, 6.07) is 4.03. The fourth-order valence-corrected chi connectivity index (χ4v) is 1.36. The molecule has 0 unspecified atom stereocenters. The molecular formula is C12H12ClFO. The minimum atomic E-state index is -0.373. The van der Waals surface area contributed by atoms with E-state index >= 15 is 0 Å². The predicted octanol–water partition coefficient (Wildman–Crippen LogP) is 3.56. The molecule has 0 aliphatic rings. The maximum absolute atomic E-state index is 12.9. The van der Waals surface area contributed by atoms with Gasteiger partial charge in [-0.2, -0.15) is 0 Å². The molecule has 1 aromatic rings. The molecule has 1 nitrogen and oxygen atoms in total. The van der Waals surface area contributed by atoms with Gasteiger partial charge in [-0.15, -0.1) is 0 Å². The molecule has 15 heavy (non-hydrogen) atoms. The van der Waals surface area contributed by atoms with Crippen molar-refractivity contribution in [3.8, 4) is 0 Å². The van der Waals surface area contributed by atoms with Gasteiger partial charge in [0.15, 0.2) is 5.78 Å². The zero-order valence-electron chi connectivity index (χ0n) is 8.47. The number of benzene rings is 1. The molecule has 0 saturated carbocycles. The molecule has 0 bridgehead atoms. The van der Waals surface area contributed by atoms with Crippen LogP contribution in [-0.4, -0.2) is 5.78 Å². The van der Waals surface area contributed by atoms with Gasteiger partial charge in [-0.05, 0) is 36.3 Å². The third-order valence-electron chi connectivity index (χ3n) is 1.91. The van der Waals surface area contributed by atoms with E-state index in [1.54, 1.807) is 6.08 Å². The molecule has 0 fully saturated rings. The Hall–Kier alpha value is -1.15. The normalized spacial score (nSPS) is 10.9. The Morgan fingerprint density at radius 2 is 2.27 bits per heavy atom. The first kappa shape index (κ1) is 11.9. The molecule has 0 aromatic heterocycles. The van der Waals surface area contributed by atoms with Crippen LogP contribution in [-0.2, 0) is 11.2 Å². The van der Waals surface area contributed by atoms with Crippen LogP contribution < -0.4 is 0 Å². The number of halogens is 2. The van der Waals surface area contributed by atoms with Crippen LogP contribution in [0.15, 0.2) is 30.4 Å². The highest BCUT2D eigenvalue weighted by molar-refractivity contribution is 6.31. The number of hydrogen-bond donors (Lipinski definition) is 0. The maximum Gasteiger partial charge on any atom is 0.159 e. The SMILES string of the molecule is CC/C=C/C(=O)Cc1cc(F)ccc1Cl. The lowest BCUT2D eigenvalue weighted by atomic mass is 10.1. The van der Waals surface area contributed by atoms with E-state index in [0.29, 0.717) is 10.6 Å². The van der Waals surface area contributed by atoms with Gasteiger partial charge in [0.25, 0.3) is 0 Å². The monoisotopic (exact) mass is 226 g/mol. The summed E-state index contributed by atoms with van der Waals surface area (Å²) in [5.74, 6) is -0.439. The van der Waals surface area contributed by atoms with Crippen LogP contribution in [0.4, 0.5) is 4.39 Å². The summed E-state index contributed by atoms with van der Waals surface area (Å²) in [5, 5.41) is 0.426. The summed E-state index contributed by atoms with van der Waals surface area (Å²) < 4.78 is 12.9. The average molecular weight is 227 g/mol. The molecule has 0 saturated heterocycles. The zero-order chi connectivity index (χ0) is 11.3. The third-order valence-corrected chi connectivity index (χ3v) is 2.28. The van der Waals surface area contributed by atoms with E-state index in [0.717, 1.165) is 6.42 Å². The Morgan fingerprint density at radius 1 is 1.53 bits per heavy atom. The molecule has 1 aromatic carbocycles. The van der Waals surface area contributed by atoms with Gasteiger partial charge in [0.2, 0.25) is 0 Å². The lowest BCUT2D eigenvalue weighted by molar-refractivity contribution is -0.114.